The van der Waals surface area contributed by atoms with Crippen molar-refractivity contribution in [3.8, 4) is 0 Å². The number of hydrogen-bond acceptors (Lipinski definition) is 2. The molecule has 2 atom stereocenters. The highest BCUT2D eigenvalue weighted by Gasteiger charge is 2.43. The lowest BCUT2D eigenvalue weighted by Crippen LogP contribution is -2.45. The molecule has 0 radical (unpaired) electrons. The van der Waals surface area contributed by atoms with Crippen LogP contribution < -0.4 is 0 Å². The Morgan fingerprint density at radius 1 is 1.15 bits per heavy atom. The molecule has 3 heteroatoms. The fourth-order valence-corrected chi connectivity index (χ4v) is 4.67. The fourth-order valence-electron chi connectivity index (χ4n) is 3.28. The van der Waals surface area contributed by atoms with Crippen LogP contribution in [0.4, 0.5) is 0 Å². The van der Waals surface area contributed by atoms with Crippen molar-refractivity contribution in [2.75, 3.05) is 0 Å². The van der Waals surface area contributed by atoms with E-state index in [1.807, 2.05) is 0 Å². The van der Waals surface area contributed by atoms with Gasteiger partial charge in [0.2, 0.25) is 0 Å². The highest BCUT2D eigenvalue weighted by molar-refractivity contribution is 6.74. The van der Waals surface area contributed by atoms with Gasteiger partial charge in [-0.05, 0) is 56.3 Å². The second-order valence-electron chi connectivity index (χ2n) is 8.07. The summed E-state index contributed by atoms with van der Waals surface area (Å²) in [7, 11) is -1.75. The quantitative estimate of drug-likeness (QED) is 0.680. The molecule has 2 rings (SSSR count). The lowest BCUT2D eigenvalue weighted by Gasteiger charge is -2.41. The summed E-state index contributed by atoms with van der Waals surface area (Å²) in [5.41, 5.74) is 2.46. The molecule has 0 aliphatic heterocycles. The van der Waals surface area contributed by atoms with Gasteiger partial charge in [0.1, 0.15) is 0 Å². The van der Waals surface area contributed by atoms with E-state index in [1.165, 1.54) is 5.57 Å². The van der Waals surface area contributed by atoms with Gasteiger partial charge in [0.15, 0.2) is 14.1 Å². The zero-order chi connectivity index (χ0) is 15.1. The number of carbonyl (C=O) groups is 1. The van der Waals surface area contributed by atoms with Gasteiger partial charge >= 0.3 is 0 Å². The normalized spacial score (nSPS) is 28.6. The first-order valence-electron chi connectivity index (χ1n) is 8.04. The summed E-state index contributed by atoms with van der Waals surface area (Å²) in [5, 5.41) is 0.237. The third kappa shape index (κ3) is 2.94. The minimum atomic E-state index is -1.75. The van der Waals surface area contributed by atoms with Crippen LogP contribution >= 0.6 is 0 Å². The molecule has 1 saturated carbocycles. The highest BCUT2D eigenvalue weighted by Crippen LogP contribution is 2.44. The molecule has 0 saturated heterocycles. The van der Waals surface area contributed by atoms with Crippen molar-refractivity contribution < 1.29 is 9.22 Å². The van der Waals surface area contributed by atoms with E-state index in [-0.39, 0.29) is 11.1 Å². The molecule has 114 valence electrons. The maximum absolute atomic E-state index is 12.3. The minimum Gasteiger partial charge on any atom is -0.413 e. The van der Waals surface area contributed by atoms with Crippen LogP contribution in [0.15, 0.2) is 11.1 Å². The van der Waals surface area contributed by atoms with E-state index in [4.69, 9.17) is 4.43 Å². The van der Waals surface area contributed by atoms with Crippen LogP contribution in [0, 0.1) is 5.92 Å². The largest absolute Gasteiger partial charge is 0.413 e. The van der Waals surface area contributed by atoms with E-state index >= 15 is 0 Å². The number of Topliss-reactive ketones (excluding diaryl/α,β-unsaturated/α-hetero) is 1. The van der Waals surface area contributed by atoms with Crippen LogP contribution in [0.3, 0.4) is 0 Å². The first-order valence-corrected chi connectivity index (χ1v) is 10.9. The van der Waals surface area contributed by atoms with Crippen molar-refractivity contribution in [1.29, 1.82) is 0 Å². The summed E-state index contributed by atoms with van der Waals surface area (Å²) in [5.74, 6) is 0.769. The van der Waals surface area contributed by atoms with Crippen LogP contribution in [-0.2, 0) is 9.22 Å². The average molecular weight is 295 g/mol. The predicted molar refractivity (Wildman–Crippen MR) is 86.4 cm³/mol. The van der Waals surface area contributed by atoms with Crippen molar-refractivity contribution >= 4 is 14.1 Å². The summed E-state index contributed by atoms with van der Waals surface area (Å²) in [6.45, 7) is 13.7. The molecule has 0 aromatic heterocycles. The van der Waals surface area contributed by atoms with Crippen LogP contribution in [-0.4, -0.2) is 20.2 Å². The molecule has 20 heavy (non-hydrogen) atoms. The summed E-state index contributed by atoms with van der Waals surface area (Å²) in [4.78, 5) is 12.3. The molecule has 0 aromatic rings. The molecule has 0 aromatic carbocycles. The molecule has 0 spiro atoms. The zero-order valence-electron chi connectivity index (χ0n) is 14.0. The van der Waals surface area contributed by atoms with Gasteiger partial charge in [-0.15, -0.1) is 0 Å². The monoisotopic (exact) mass is 294 g/mol. The molecule has 0 N–H and O–H groups in total. The maximum Gasteiger partial charge on any atom is 0.192 e. The van der Waals surface area contributed by atoms with Crippen molar-refractivity contribution in [2.45, 2.75) is 84.0 Å². The topological polar surface area (TPSA) is 26.3 Å². The van der Waals surface area contributed by atoms with Gasteiger partial charge in [-0.25, -0.2) is 0 Å². The zero-order valence-corrected chi connectivity index (χ0v) is 15.0. The van der Waals surface area contributed by atoms with Gasteiger partial charge in [0.05, 0.1) is 6.10 Å². The van der Waals surface area contributed by atoms with Gasteiger partial charge in [0, 0.05) is 12.3 Å². The molecule has 0 amide bonds. The van der Waals surface area contributed by atoms with Gasteiger partial charge < -0.3 is 4.43 Å². The predicted octanol–water partition coefficient (Wildman–Crippen LogP) is 4.86. The first kappa shape index (κ1) is 16.0. The van der Waals surface area contributed by atoms with Gasteiger partial charge in [-0.2, -0.15) is 0 Å². The molecule has 2 aliphatic rings. The molecule has 0 bridgehead atoms. The van der Waals surface area contributed by atoms with Crippen molar-refractivity contribution in [3.63, 3.8) is 0 Å². The smallest absolute Gasteiger partial charge is 0.192 e. The number of fused-ring (bicyclic) bond motifs is 1. The third-order valence-corrected chi connectivity index (χ3v) is 10.1. The number of rotatable bonds is 2. The Balaban J connectivity index is 2.23. The van der Waals surface area contributed by atoms with Crippen LogP contribution in [0.25, 0.3) is 0 Å². The van der Waals surface area contributed by atoms with Crippen molar-refractivity contribution in [3.05, 3.63) is 11.1 Å². The second-order valence-corrected chi connectivity index (χ2v) is 12.8. The Morgan fingerprint density at radius 2 is 1.80 bits per heavy atom. The summed E-state index contributed by atoms with van der Waals surface area (Å²) >= 11 is 0. The molecule has 1 fully saturated rings. The Bertz CT molecular complexity index is 429. The third-order valence-electron chi connectivity index (χ3n) is 5.55. The molecule has 2 aliphatic carbocycles. The second kappa shape index (κ2) is 5.41. The number of ketones is 1. The average Bonchev–Trinajstić information content (AvgIpc) is 2.60. The van der Waals surface area contributed by atoms with Crippen molar-refractivity contribution in [1.82, 2.24) is 0 Å². The summed E-state index contributed by atoms with van der Waals surface area (Å²) in [6, 6.07) is 0. The maximum atomic E-state index is 12.3. The Kier molecular flexibility index (Phi) is 4.32. The molecule has 2 nitrogen and oxygen atoms in total. The summed E-state index contributed by atoms with van der Waals surface area (Å²) < 4.78 is 6.69. The lowest BCUT2D eigenvalue weighted by atomic mass is 9.93. The first-order chi connectivity index (χ1) is 9.13. The number of carbonyl (C=O) groups excluding carboxylic acids is 1. The standard InChI is InChI=1S/C17H30O2Si/c1-12-10-11-13-15(9-7-8-14(18)16(12)13)19-20(5,6)17(2,3)4/h13,15H,7-11H2,1-6H3/t13-,15-/m0/s1. The minimum absolute atomic E-state index is 0.237. The Morgan fingerprint density at radius 3 is 2.40 bits per heavy atom. The van der Waals surface area contributed by atoms with Gasteiger partial charge in [0.25, 0.3) is 0 Å². The fraction of sp³-hybridized carbons (Fsp3) is 0.824. The molecular weight excluding hydrogens is 264 g/mol. The van der Waals surface area contributed by atoms with E-state index in [1.54, 1.807) is 0 Å². The highest BCUT2D eigenvalue weighted by atomic mass is 28.4. The van der Waals surface area contributed by atoms with Crippen LogP contribution in [0.5, 0.6) is 0 Å². The molecule has 0 unspecified atom stereocenters. The molecular formula is C17H30O2Si. The van der Waals surface area contributed by atoms with E-state index < -0.39 is 8.32 Å². The van der Waals surface area contributed by atoms with Gasteiger partial charge in [-0.3, -0.25) is 4.79 Å². The number of allylic oxidation sites excluding steroid dienone is 1. The van der Waals surface area contributed by atoms with E-state index in [0.717, 1.165) is 37.7 Å². The molecule has 0 heterocycles. The Hall–Kier alpha value is -0.413. The van der Waals surface area contributed by atoms with Crippen LogP contribution in [0.1, 0.15) is 59.8 Å². The summed E-state index contributed by atoms with van der Waals surface area (Å²) in [6.07, 6.45) is 5.25. The van der Waals surface area contributed by atoms with Gasteiger partial charge in [-0.1, -0.05) is 26.3 Å². The van der Waals surface area contributed by atoms with E-state index in [0.29, 0.717) is 11.7 Å². The SMILES string of the molecule is CC1=C2C(=O)CCC[C@H](O[Si](C)(C)C(C)(C)C)[C@@H]2CC1. The van der Waals surface area contributed by atoms with E-state index in [2.05, 4.69) is 40.8 Å². The van der Waals surface area contributed by atoms with Crippen molar-refractivity contribution in [2.24, 2.45) is 5.92 Å². The lowest BCUT2D eigenvalue weighted by molar-refractivity contribution is -0.115. The number of hydrogen-bond donors (Lipinski definition) is 0. The Labute approximate surface area is 125 Å². The van der Waals surface area contributed by atoms with E-state index in [9.17, 15) is 4.79 Å². The van der Waals surface area contributed by atoms with Crippen LogP contribution in [0.2, 0.25) is 18.1 Å².